The predicted octanol–water partition coefficient (Wildman–Crippen LogP) is 0.475. The van der Waals surface area contributed by atoms with E-state index in [2.05, 4.69) is 4.98 Å². The van der Waals surface area contributed by atoms with Gasteiger partial charge in [-0.25, -0.2) is 8.42 Å². The molecule has 1 aromatic heterocycles. The zero-order valence-corrected chi connectivity index (χ0v) is 10.8. The van der Waals surface area contributed by atoms with Gasteiger partial charge in [0.05, 0.1) is 0 Å². The molecule has 0 bridgehead atoms. The van der Waals surface area contributed by atoms with Crippen molar-refractivity contribution in [1.29, 1.82) is 0 Å². The molecule has 0 unspecified atom stereocenters. The first kappa shape index (κ1) is 13.6. The molecule has 17 heavy (non-hydrogen) atoms. The molecule has 0 radical (unpaired) electrons. The second kappa shape index (κ2) is 5.77. The average molecular weight is 256 g/mol. The van der Waals surface area contributed by atoms with Gasteiger partial charge in [-0.1, -0.05) is 6.92 Å². The lowest BCUT2D eigenvalue weighted by atomic mass is 10.2. The Balaban J connectivity index is 2.60. The maximum atomic E-state index is 11.7. The largest absolute Gasteiger partial charge is 0.341 e. The van der Waals surface area contributed by atoms with Crippen LogP contribution in [0, 0.1) is 0 Å². The molecule has 5 nitrogen and oxygen atoms in total. The zero-order valence-electron chi connectivity index (χ0n) is 9.96. The number of rotatable bonds is 5. The van der Waals surface area contributed by atoms with E-state index in [0.717, 1.165) is 5.56 Å². The Morgan fingerprint density at radius 2 is 1.94 bits per heavy atom. The molecule has 0 aliphatic carbocycles. The summed E-state index contributed by atoms with van der Waals surface area (Å²) in [5, 5.41) is 0. The van der Waals surface area contributed by atoms with Gasteiger partial charge >= 0.3 is 0 Å². The number of nitrogens with zero attached hydrogens (tertiary/aromatic N) is 2. The number of sulfone groups is 1. The van der Waals surface area contributed by atoms with E-state index in [1.165, 1.54) is 11.8 Å². The number of hydrogen-bond donors (Lipinski definition) is 0. The van der Waals surface area contributed by atoms with Crippen molar-refractivity contribution >= 4 is 15.7 Å². The highest BCUT2D eigenvalue weighted by Crippen LogP contribution is 2.02. The van der Waals surface area contributed by atoms with Crippen LogP contribution in [0.2, 0.25) is 0 Å². The van der Waals surface area contributed by atoms with Gasteiger partial charge in [0.15, 0.2) is 9.84 Å². The number of aromatic nitrogens is 1. The molecule has 0 N–H and O–H groups in total. The van der Waals surface area contributed by atoms with Crippen LogP contribution in [-0.2, 0) is 21.2 Å². The lowest BCUT2D eigenvalue weighted by Crippen LogP contribution is -2.32. The van der Waals surface area contributed by atoms with Gasteiger partial charge in [-0.2, -0.15) is 0 Å². The molecule has 0 aromatic carbocycles. The van der Waals surface area contributed by atoms with E-state index in [0.29, 0.717) is 6.54 Å². The normalized spacial score (nSPS) is 11.2. The third-order valence-electron chi connectivity index (χ3n) is 2.38. The lowest BCUT2D eigenvalue weighted by molar-refractivity contribution is -0.127. The summed E-state index contributed by atoms with van der Waals surface area (Å²) in [6, 6.07) is 3.58. The molecular weight excluding hydrogens is 240 g/mol. The Hall–Kier alpha value is -1.43. The summed E-state index contributed by atoms with van der Waals surface area (Å²) in [5.74, 6) is -0.823. The standard InChI is InChI=1S/C11H16N2O3S/c1-3-17(15,16)9-11(14)13(2)8-10-4-6-12-7-5-10/h4-7H,3,8-9H2,1-2H3. The molecular formula is C11H16N2O3S. The molecule has 0 spiro atoms. The minimum absolute atomic E-state index is 0.0121. The van der Waals surface area contributed by atoms with Crippen molar-refractivity contribution in [3.63, 3.8) is 0 Å². The maximum absolute atomic E-state index is 11.7. The molecule has 0 saturated heterocycles. The van der Waals surface area contributed by atoms with E-state index in [9.17, 15) is 13.2 Å². The summed E-state index contributed by atoms with van der Waals surface area (Å²) in [7, 11) is -1.67. The Morgan fingerprint density at radius 1 is 1.35 bits per heavy atom. The first-order valence-electron chi connectivity index (χ1n) is 5.28. The second-order valence-electron chi connectivity index (χ2n) is 3.78. The van der Waals surface area contributed by atoms with Crippen LogP contribution in [0.1, 0.15) is 12.5 Å². The van der Waals surface area contributed by atoms with Crippen LogP contribution < -0.4 is 0 Å². The number of carbonyl (C=O) groups is 1. The third-order valence-corrected chi connectivity index (χ3v) is 3.94. The van der Waals surface area contributed by atoms with Gasteiger partial charge in [0.1, 0.15) is 5.75 Å². The first-order chi connectivity index (χ1) is 7.94. The van der Waals surface area contributed by atoms with Crippen LogP contribution in [0.25, 0.3) is 0 Å². The van der Waals surface area contributed by atoms with Gasteiger partial charge in [0, 0.05) is 31.7 Å². The molecule has 1 heterocycles. The molecule has 1 rings (SSSR count). The molecule has 6 heteroatoms. The number of pyridine rings is 1. The van der Waals surface area contributed by atoms with E-state index in [4.69, 9.17) is 0 Å². The van der Waals surface area contributed by atoms with Crippen molar-refractivity contribution in [2.45, 2.75) is 13.5 Å². The van der Waals surface area contributed by atoms with Crippen LogP contribution in [0.15, 0.2) is 24.5 Å². The molecule has 0 saturated carbocycles. The van der Waals surface area contributed by atoms with Crippen molar-refractivity contribution in [3.8, 4) is 0 Å². The van der Waals surface area contributed by atoms with E-state index in [-0.39, 0.29) is 11.7 Å². The number of carbonyl (C=O) groups excluding carboxylic acids is 1. The summed E-state index contributed by atoms with van der Waals surface area (Å²) in [6.45, 7) is 1.92. The molecule has 1 aromatic rings. The Morgan fingerprint density at radius 3 is 2.47 bits per heavy atom. The topological polar surface area (TPSA) is 67.3 Å². The van der Waals surface area contributed by atoms with Crippen molar-refractivity contribution < 1.29 is 13.2 Å². The Kier molecular flexibility index (Phi) is 4.62. The minimum atomic E-state index is -3.26. The highest BCUT2D eigenvalue weighted by atomic mass is 32.2. The number of hydrogen-bond acceptors (Lipinski definition) is 4. The summed E-state index contributed by atoms with van der Waals surface area (Å²) >= 11 is 0. The van der Waals surface area contributed by atoms with Gasteiger partial charge < -0.3 is 4.90 Å². The molecule has 94 valence electrons. The van der Waals surface area contributed by atoms with Gasteiger partial charge in [-0.05, 0) is 17.7 Å². The molecule has 0 atom stereocenters. The molecule has 0 aliphatic heterocycles. The van der Waals surface area contributed by atoms with Crippen molar-refractivity contribution in [2.24, 2.45) is 0 Å². The minimum Gasteiger partial charge on any atom is -0.341 e. The monoisotopic (exact) mass is 256 g/mol. The Bertz CT molecular complexity index is 471. The maximum Gasteiger partial charge on any atom is 0.237 e. The van der Waals surface area contributed by atoms with Gasteiger partial charge in [0.2, 0.25) is 5.91 Å². The first-order valence-corrected chi connectivity index (χ1v) is 7.10. The van der Waals surface area contributed by atoms with E-state index < -0.39 is 15.6 Å². The highest BCUT2D eigenvalue weighted by molar-refractivity contribution is 7.92. The summed E-state index contributed by atoms with van der Waals surface area (Å²) in [6.07, 6.45) is 3.27. The fourth-order valence-corrected chi connectivity index (χ4v) is 2.05. The smallest absolute Gasteiger partial charge is 0.237 e. The third kappa shape index (κ3) is 4.52. The molecule has 0 aliphatic rings. The van der Waals surface area contributed by atoms with Gasteiger partial charge in [-0.15, -0.1) is 0 Å². The van der Waals surface area contributed by atoms with Gasteiger partial charge in [0.25, 0.3) is 0 Å². The highest BCUT2D eigenvalue weighted by Gasteiger charge is 2.17. The fraction of sp³-hybridized carbons (Fsp3) is 0.455. The van der Waals surface area contributed by atoms with Crippen LogP contribution in [0.4, 0.5) is 0 Å². The van der Waals surface area contributed by atoms with E-state index in [1.807, 2.05) is 0 Å². The van der Waals surface area contributed by atoms with Gasteiger partial charge in [-0.3, -0.25) is 9.78 Å². The molecule has 1 amide bonds. The zero-order chi connectivity index (χ0) is 12.9. The van der Waals surface area contributed by atoms with Crippen LogP contribution in [0.5, 0.6) is 0 Å². The fourth-order valence-electron chi connectivity index (χ4n) is 1.25. The van der Waals surface area contributed by atoms with Crippen molar-refractivity contribution in [1.82, 2.24) is 9.88 Å². The van der Waals surface area contributed by atoms with Crippen LogP contribution in [-0.4, -0.2) is 42.8 Å². The summed E-state index contributed by atoms with van der Waals surface area (Å²) in [5.41, 5.74) is 0.921. The Labute approximate surface area is 101 Å². The quantitative estimate of drug-likeness (QED) is 0.768. The lowest BCUT2D eigenvalue weighted by Gasteiger charge is -2.16. The van der Waals surface area contributed by atoms with Crippen molar-refractivity contribution in [2.75, 3.05) is 18.6 Å². The summed E-state index contributed by atoms with van der Waals surface area (Å²) < 4.78 is 22.6. The van der Waals surface area contributed by atoms with E-state index in [1.54, 1.807) is 31.6 Å². The van der Waals surface area contributed by atoms with Crippen LogP contribution in [0.3, 0.4) is 0 Å². The SMILES string of the molecule is CCS(=O)(=O)CC(=O)N(C)Cc1ccncc1. The van der Waals surface area contributed by atoms with Crippen LogP contribution >= 0.6 is 0 Å². The average Bonchev–Trinajstić information content (AvgIpc) is 2.30. The van der Waals surface area contributed by atoms with Crippen molar-refractivity contribution in [3.05, 3.63) is 30.1 Å². The second-order valence-corrected chi connectivity index (χ2v) is 6.14. The predicted molar refractivity (Wildman–Crippen MR) is 65.0 cm³/mol. The molecule has 0 fully saturated rings. The summed E-state index contributed by atoms with van der Waals surface area (Å²) in [4.78, 5) is 16.9. The van der Waals surface area contributed by atoms with E-state index >= 15 is 0 Å². The number of amides is 1.